The second-order valence-electron chi connectivity index (χ2n) is 3.52. The van der Waals surface area contributed by atoms with Crippen molar-refractivity contribution in [2.75, 3.05) is 0 Å². The van der Waals surface area contributed by atoms with Crippen LogP contribution in [0.1, 0.15) is 53.0 Å². The number of hydrogen-bond acceptors (Lipinski definition) is 3. The van der Waals surface area contributed by atoms with Crippen LogP contribution < -0.4 is 0 Å². The fourth-order valence-electron chi connectivity index (χ4n) is 1.44. The number of aromatic nitrogens is 1. The van der Waals surface area contributed by atoms with Crippen molar-refractivity contribution in [2.24, 2.45) is 0 Å². The van der Waals surface area contributed by atoms with Crippen molar-refractivity contribution in [1.29, 1.82) is 0 Å². The Morgan fingerprint density at radius 3 is 2.57 bits per heavy atom. The van der Waals surface area contributed by atoms with Gasteiger partial charge < -0.3 is 0 Å². The summed E-state index contributed by atoms with van der Waals surface area (Å²) in [5, 5.41) is 0.987. The Morgan fingerprint density at radius 2 is 2.07 bits per heavy atom. The Balaban J connectivity index is 2.56. The highest BCUT2D eigenvalue weighted by molar-refractivity contribution is 7.11. The summed E-state index contributed by atoms with van der Waals surface area (Å²) in [5.74, 6) is 0.209. The SMILES string of the molecule is CCCCCC(=O)c1nc(C)sc1C. The van der Waals surface area contributed by atoms with Crippen molar-refractivity contribution in [3.8, 4) is 0 Å². The van der Waals surface area contributed by atoms with Gasteiger partial charge in [0.25, 0.3) is 0 Å². The predicted octanol–water partition coefficient (Wildman–Crippen LogP) is 3.52. The number of nitrogens with zero attached hydrogens (tertiary/aromatic N) is 1. The fraction of sp³-hybridized carbons (Fsp3) is 0.636. The zero-order valence-corrected chi connectivity index (χ0v) is 9.91. The Kier molecular flexibility index (Phi) is 4.26. The van der Waals surface area contributed by atoms with Crippen LogP contribution in [0.4, 0.5) is 0 Å². The van der Waals surface area contributed by atoms with Crippen molar-refractivity contribution in [2.45, 2.75) is 46.5 Å². The molecule has 14 heavy (non-hydrogen) atoms. The second kappa shape index (κ2) is 5.25. The van der Waals surface area contributed by atoms with E-state index < -0.39 is 0 Å². The Hall–Kier alpha value is -0.700. The first-order chi connectivity index (χ1) is 6.65. The minimum atomic E-state index is 0.209. The maximum atomic E-state index is 11.7. The summed E-state index contributed by atoms with van der Waals surface area (Å²) in [7, 11) is 0. The molecule has 0 aliphatic carbocycles. The Bertz CT molecular complexity index is 317. The third-order valence-corrected chi connectivity index (χ3v) is 3.06. The van der Waals surface area contributed by atoms with E-state index in [1.165, 1.54) is 0 Å². The van der Waals surface area contributed by atoms with Crippen molar-refractivity contribution in [3.63, 3.8) is 0 Å². The number of hydrogen-bond donors (Lipinski definition) is 0. The Labute approximate surface area is 89.4 Å². The van der Waals surface area contributed by atoms with Crippen LogP contribution in [0.15, 0.2) is 0 Å². The van der Waals surface area contributed by atoms with Crippen molar-refractivity contribution in [1.82, 2.24) is 4.98 Å². The molecule has 0 saturated heterocycles. The van der Waals surface area contributed by atoms with Crippen LogP contribution in [-0.2, 0) is 0 Å². The molecule has 3 heteroatoms. The van der Waals surface area contributed by atoms with Crippen LogP contribution in [-0.4, -0.2) is 10.8 Å². The van der Waals surface area contributed by atoms with Gasteiger partial charge in [0.15, 0.2) is 5.78 Å². The number of Topliss-reactive ketones (excluding diaryl/α,β-unsaturated/α-hetero) is 1. The maximum absolute atomic E-state index is 11.7. The van der Waals surface area contributed by atoms with E-state index in [2.05, 4.69) is 11.9 Å². The number of ketones is 1. The minimum Gasteiger partial charge on any atom is -0.292 e. The first kappa shape index (κ1) is 11.4. The third kappa shape index (κ3) is 2.91. The quantitative estimate of drug-likeness (QED) is 0.551. The summed E-state index contributed by atoms with van der Waals surface area (Å²) in [6.07, 6.45) is 3.93. The van der Waals surface area contributed by atoms with E-state index >= 15 is 0 Å². The van der Waals surface area contributed by atoms with Gasteiger partial charge in [-0.15, -0.1) is 11.3 Å². The summed E-state index contributed by atoms with van der Waals surface area (Å²) in [6, 6.07) is 0. The van der Waals surface area contributed by atoms with Gasteiger partial charge in [0.05, 0.1) is 5.01 Å². The molecular formula is C11H17NOS. The van der Waals surface area contributed by atoms with Crippen LogP contribution in [0.25, 0.3) is 0 Å². The lowest BCUT2D eigenvalue weighted by Crippen LogP contribution is -2.01. The van der Waals surface area contributed by atoms with Gasteiger partial charge in [-0.05, 0) is 20.3 Å². The molecule has 0 saturated carbocycles. The molecule has 2 nitrogen and oxygen atoms in total. The van der Waals surface area contributed by atoms with Crippen LogP contribution in [0.3, 0.4) is 0 Å². The molecule has 78 valence electrons. The van der Waals surface area contributed by atoms with E-state index in [1.54, 1.807) is 11.3 Å². The summed E-state index contributed by atoms with van der Waals surface area (Å²) < 4.78 is 0. The molecule has 0 amide bonds. The van der Waals surface area contributed by atoms with Gasteiger partial charge >= 0.3 is 0 Å². The molecule has 1 aromatic rings. The lowest BCUT2D eigenvalue weighted by molar-refractivity contribution is 0.0974. The lowest BCUT2D eigenvalue weighted by Gasteiger charge is -1.97. The highest BCUT2D eigenvalue weighted by atomic mass is 32.1. The molecule has 0 atom stereocenters. The van der Waals surface area contributed by atoms with E-state index in [-0.39, 0.29) is 5.78 Å². The fourth-order valence-corrected chi connectivity index (χ4v) is 2.28. The van der Waals surface area contributed by atoms with E-state index in [1.807, 2.05) is 13.8 Å². The van der Waals surface area contributed by atoms with Crippen LogP contribution in [0, 0.1) is 13.8 Å². The molecule has 1 rings (SSSR count). The van der Waals surface area contributed by atoms with Gasteiger partial charge in [-0.25, -0.2) is 4.98 Å². The maximum Gasteiger partial charge on any atom is 0.182 e. The van der Waals surface area contributed by atoms with Gasteiger partial charge in [0, 0.05) is 11.3 Å². The molecule has 0 bridgehead atoms. The largest absolute Gasteiger partial charge is 0.292 e. The molecule has 1 heterocycles. The molecule has 0 aliphatic rings. The van der Waals surface area contributed by atoms with Gasteiger partial charge in [-0.3, -0.25) is 4.79 Å². The van der Waals surface area contributed by atoms with Crippen molar-refractivity contribution < 1.29 is 4.79 Å². The van der Waals surface area contributed by atoms with Gasteiger partial charge in [0.1, 0.15) is 5.69 Å². The van der Waals surface area contributed by atoms with Gasteiger partial charge in [-0.2, -0.15) is 0 Å². The normalized spacial score (nSPS) is 10.5. The average molecular weight is 211 g/mol. The van der Waals surface area contributed by atoms with Gasteiger partial charge in [-0.1, -0.05) is 19.8 Å². The molecule has 0 fully saturated rings. The topological polar surface area (TPSA) is 30.0 Å². The summed E-state index contributed by atoms with van der Waals surface area (Å²) >= 11 is 1.60. The number of carbonyl (C=O) groups excluding carboxylic acids is 1. The second-order valence-corrected chi connectivity index (χ2v) is 4.93. The number of aryl methyl sites for hydroxylation is 2. The lowest BCUT2D eigenvalue weighted by atomic mass is 10.1. The molecule has 1 aromatic heterocycles. The van der Waals surface area contributed by atoms with Crippen molar-refractivity contribution in [3.05, 3.63) is 15.6 Å². The highest BCUT2D eigenvalue weighted by Crippen LogP contribution is 2.18. The first-order valence-electron chi connectivity index (χ1n) is 5.12. The molecule has 0 aliphatic heterocycles. The predicted molar refractivity (Wildman–Crippen MR) is 60.1 cm³/mol. The van der Waals surface area contributed by atoms with E-state index in [0.717, 1.165) is 29.1 Å². The number of thiazole rings is 1. The molecule has 0 N–H and O–H groups in total. The molecule has 0 aromatic carbocycles. The molecular weight excluding hydrogens is 194 g/mol. The number of unbranched alkanes of at least 4 members (excludes halogenated alkanes) is 2. The van der Waals surface area contributed by atoms with E-state index in [0.29, 0.717) is 12.1 Å². The number of rotatable bonds is 5. The molecule has 0 radical (unpaired) electrons. The minimum absolute atomic E-state index is 0.209. The zero-order chi connectivity index (χ0) is 10.6. The van der Waals surface area contributed by atoms with Crippen molar-refractivity contribution >= 4 is 17.1 Å². The average Bonchev–Trinajstić information content (AvgIpc) is 2.45. The van der Waals surface area contributed by atoms with E-state index in [9.17, 15) is 4.79 Å². The summed E-state index contributed by atoms with van der Waals surface area (Å²) in [4.78, 5) is 17.0. The molecule has 0 spiro atoms. The van der Waals surface area contributed by atoms with Crippen LogP contribution >= 0.6 is 11.3 Å². The van der Waals surface area contributed by atoms with Gasteiger partial charge in [0.2, 0.25) is 0 Å². The monoisotopic (exact) mass is 211 g/mol. The third-order valence-electron chi connectivity index (χ3n) is 2.18. The highest BCUT2D eigenvalue weighted by Gasteiger charge is 2.12. The number of carbonyl (C=O) groups is 1. The molecule has 0 unspecified atom stereocenters. The van der Waals surface area contributed by atoms with Crippen LogP contribution in [0.5, 0.6) is 0 Å². The van der Waals surface area contributed by atoms with E-state index in [4.69, 9.17) is 0 Å². The summed E-state index contributed by atoms with van der Waals surface area (Å²) in [5.41, 5.74) is 0.698. The zero-order valence-electron chi connectivity index (χ0n) is 9.09. The smallest absolute Gasteiger partial charge is 0.182 e. The standard InChI is InChI=1S/C11H17NOS/c1-4-5-6-7-10(13)11-8(2)14-9(3)12-11/h4-7H2,1-3H3. The van der Waals surface area contributed by atoms with Crippen LogP contribution in [0.2, 0.25) is 0 Å². The Morgan fingerprint density at radius 1 is 1.36 bits per heavy atom. The first-order valence-corrected chi connectivity index (χ1v) is 5.94. The summed E-state index contributed by atoms with van der Waals surface area (Å²) in [6.45, 7) is 6.06.